The molecular formula is C25H25NO3. The quantitative estimate of drug-likeness (QED) is 0.683. The summed E-state index contributed by atoms with van der Waals surface area (Å²) in [5.74, 6) is 2.27. The molecule has 4 heteroatoms. The van der Waals surface area contributed by atoms with Gasteiger partial charge in [-0.05, 0) is 36.2 Å². The zero-order valence-corrected chi connectivity index (χ0v) is 16.8. The van der Waals surface area contributed by atoms with Crippen LogP contribution < -0.4 is 14.4 Å². The van der Waals surface area contributed by atoms with E-state index in [0.29, 0.717) is 13.2 Å². The molecule has 2 heterocycles. The third-order valence-electron chi connectivity index (χ3n) is 6.10. The van der Waals surface area contributed by atoms with Crippen LogP contribution in [0.2, 0.25) is 0 Å². The summed E-state index contributed by atoms with van der Waals surface area (Å²) in [6.07, 6.45) is 0. The number of aromatic hydroxyl groups is 1. The second kappa shape index (κ2) is 7.03. The monoisotopic (exact) mass is 387 g/mol. The standard InChI is InChI=1S/C25H25NO3/c1-16-3-5-17(6-4-16)21-15-29-24-14-19(27)8-9-20(24)25(21)18-7-10-23-22(13-18)26(2)11-12-28-23/h3-10,13-14,21,25,27H,11-12,15H2,1-2H3. The van der Waals surface area contributed by atoms with Gasteiger partial charge in [-0.25, -0.2) is 0 Å². The molecule has 0 radical (unpaired) electrons. The molecule has 3 aromatic rings. The maximum Gasteiger partial charge on any atom is 0.142 e. The van der Waals surface area contributed by atoms with Crippen molar-refractivity contribution in [1.82, 2.24) is 0 Å². The van der Waals surface area contributed by atoms with Crippen molar-refractivity contribution in [2.24, 2.45) is 0 Å². The van der Waals surface area contributed by atoms with Crippen LogP contribution in [0.1, 0.15) is 34.1 Å². The van der Waals surface area contributed by atoms with Crippen LogP contribution in [0.5, 0.6) is 17.2 Å². The number of hydrogen-bond acceptors (Lipinski definition) is 4. The van der Waals surface area contributed by atoms with E-state index in [4.69, 9.17) is 9.47 Å². The number of phenols is 1. The molecule has 3 aromatic carbocycles. The molecule has 0 saturated carbocycles. The molecule has 1 N–H and O–H groups in total. The molecule has 2 aliphatic heterocycles. The maximum atomic E-state index is 9.95. The van der Waals surface area contributed by atoms with Gasteiger partial charge in [-0.1, -0.05) is 42.0 Å². The molecule has 2 atom stereocenters. The van der Waals surface area contributed by atoms with E-state index in [0.717, 1.165) is 29.3 Å². The van der Waals surface area contributed by atoms with Crippen LogP contribution in [0.15, 0.2) is 60.7 Å². The smallest absolute Gasteiger partial charge is 0.142 e. The summed E-state index contributed by atoms with van der Waals surface area (Å²) in [6, 6.07) is 20.7. The third-order valence-corrected chi connectivity index (χ3v) is 6.10. The van der Waals surface area contributed by atoms with E-state index in [1.807, 2.05) is 6.07 Å². The van der Waals surface area contributed by atoms with Gasteiger partial charge >= 0.3 is 0 Å². The van der Waals surface area contributed by atoms with Crippen molar-refractivity contribution in [2.75, 3.05) is 31.7 Å². The normalized spacial score (nSPS) is 20.3. The first-order chi connectivity index (χ1) is 14.1. The first-order valence-electron chi connectivity index (χ1n) is 10.1. The Morgan fingerprint density at radius 2 is 1.69 bits per heavy atom. The molecule has 0 aliphatic carbocycles. The Labute approximate surface area is 171 Å². The average molecular weight is 387 g/mol. The number of hydrogen-bond donors (Lipinski definition) is 1. The fraction of sp³-hybridized carbons (Fsp3) is 0.280. The Balaban J connectivity index is 1.65. The summed E-state index contributed by atoms with van der Waals surface area (Å²) >= 11 is 0. The van der Waals surface area contributed by atoms with Crippen molar-refractivity contribution in [3.8, 4) is 17.2 Å². The van der Waals surface area contributed by atoms with Gasteiger partial charge in [0.15, 0.2) is 0 Å². The molecule has 0 spiro atoms. The Bertz CT molecular complexity index is 1040. The number of benzene rings is 3. The average Bonchev–Trinajstić information content (AvgIpc) is 2.73. The van der Waals surface area contributed by atoms with E-state index in [1.54, 1.807) is 12.1 Å². The van der Waals surface area contributed by atoms with Crippen LogP contribution in [-0.4, -0.2) is 31.9 Å². The number of anilines is 1. The highest BCUT2D eigenvalue weighted by molar-refractivity contribution is 5.63. The molecule has 4 nitrogen and oxygen atoms in total. The Morgan fingerprint density at radius 3 is 2.52 bits per heavy atom. The first-order valence-corrected chi connectivity index (χ1v) is 10.1. The molecule has 2 unspecified atom stereocenters. The van der Waals surface area contributed by atoms with Crippen LogP contribution >= 0.6 is 0 Å². The second-order valence-electron chi connectivity index (χ2n) is 8.03. The van der Waals surface area contributed by atoms with E-state index in [1.165, 1.54) is 16.7 Å². The summed E-state index contributed by atoms with van der Waals surface area (Å²) in [5.41, 5.74) is 5.99. The van der Waals surface area contributed by atoms with Crippen LogP contribution in [0, 0.1) is 6.92 Å². The lowest BCUT2D eigenvalue weighted by atomic mass is 9.75. The molecular weight excluding hydrogens is 362 g/mol. The van der Waals surface area contributed by atoms with Gasteiger partial charge in [0.25, 0.3) is 0 Å². The summed E-state index contributed by atoms with van der Waals surface area (Å²) in [6.45, 7) is 4.29. The summed E-state index contributed by atoms with van der Waals surface area (Å²) in [5, 5.41) is 9.95. The minimum atomic E-state index is 0.141. The summed E-state index contributed by atoms with van der Waals surface area (Å²) < 4.78 is 11.9. The lowest BCUT2D eigenvalue weighted by Crippen LogP contribution is -2.29. The highest BCUT2D eigenvalue weighted by atomic mass is 16.5. The van der Waals surface area contributed by atoms with Gasteiger partial charge < -0.3 is 19.5 Å². The predicted molar refractivity (Wildman–Crippen MR) is 115 cm³/mol. The highest BCUT2D eigenvalue weighted by Gasteiger charge is 2.34. The van der Waals surface area contributed by atoms with Crippen LogP contribution in [0.4, 0.5) is 5.69 Å². The van der Waals surface area contributed by atoms with Crippen molar-refractivity contribution in [3.05, 3.63) is 82.9 Å². The van der Waals surface area contributed by atoms with Gasteiger partial charge in [0.2, 0.25) is 0 Å². The minimum absolute atomic E-state index is 0.141. The van der Waals surface area contributed by atoms with Crippen molar-refractivity contribution >= 4 is 5.69 Å². The molecule has 29 heavy (non-hydrogen) atoms. The van der Waals surface area contributed by atoms with Gasteiger partial charge in [-0.3, -0.25) is 0 Å². The fourth-order valence-corrected chi connectivity index (χ4v) is 4.47. The van der Waals surface area contributed by atoms with Gasteiger partial charge in [-0.2, -0.15) is 0 Å². The Morgan fingerprint density at radius 1 is 0.897 bits per heavy atom. The number of ether oxygens (including phenoxy) is 2. The SMILES string of the molecule is Cc1ccc(C2COc3cc(O)ccc3C2c2ccc3c(c2)N(C)CCO3)cc1. The summed E-state index contributed by atoms with van der Waals surface area (Å²) in [7, 11) is 2.11. The highest BCUT2D eigenvalue weighted by Crippen LogP contribution is 2.48. The van der Waals surface area contributed by atoms with Crippen molar-refractivity contribution < 1.29 is 14.6 Å². The second-order valence-corrected chi connectivity index (χ2v) is 8.03. The number of fused-ring (bicyclic) bond motifs is 2. The lowest BCUT2D eigenvalue weighted by Gasteiger charge is -2.36. The molecule has 0 amide bonds. The van der Waals surface area contributed by atoms with Crippen molar-refractivity contribution in [3.63, 3.8) is 0 Å². The predicted octanol–water partition coefficient (Wildman–Crippen LogP) is 4.84. The number of nitrogens with zero attached hydrogens (tertiary/aromatic N) is 1. The molecule has 0 bridgehead atoms. The zero-order valence-electron chi connectivity index (χ0n) is 16.8. The summed E-state index contributed by atoms with van der Waals surface area (Å²) in [4.78, 5) is 2.25. The van der Waals surface area contributed by atoms with E-state index < -0.39 is 0 Å². The third kappa shape index (κ3) is 3.19. The van der Waals surface area contributed by atoms with Gasteiger partial charge in [0.1, 0.15) is 23.9 Å². The van der Waals surface area contributed by atoms with Gasteiger partial charge in [0, 0.05) is 30.5 Å². The maximum absolute atomic E-state index is 9.95. The number of likely N-dealkylation sites (N-methyl/N-ethyl adjacent to an activating group) is 1. The number of aryl methyl sites for hydroxylation is 1. The largest absolute Gasteiger partial charge is 0.508 e. The Kier molecular flexibility index (Phi) is 4.35. The first kappa shape index (κ1) is 17.9. The topological polar surface area (TPSA) is 41.9 Å². The van der Waals surface area contributed by atoms with Crippen LogP contribution in [-0.2, 0) is 0 Å². The Hall–Kier alpha value is -3.14. The van der Waals surface area contributed by atoms with E-state index in [-0.39, 0.29) is 17.6 Å². The van der Waals surface area contributed by atoms with Crippen molar-refractivity contribution in [2.45, 2.75) is 18.8 Å². The van der Waals surface area contributed by atoms with Crippen molar-refractivity contribution in [1.29, 1.82) is 0 Å². The van der Waals surface area contributed by atoms with Crippen LogP contribution in [0.3, 0.4) is 0 Å². The van der Waals surface area contributed by atoms with Gasteiger partial charge in [-0.15, -0.1) is 0 Å². The lowest BCUT2D eigenvalue weighted by molar-refractivity contribution is 0.247. The van der Waals surface area contributed by atoms with E-state index in [2.05, 4.69) is 61.3 Å². The van der Waals surface area contributed by atoms with Gasteiger partial charge in [0.05, 0.1) is 18.8 Å². The van der Waals surface area contributed by atoms with E-state index in [9.17, 15) is 5.11 Å². The molecule has 0 fully saturated rings. The fourth-order valence-electron chi connectivity index (χ4n) is 4.47. The minimum Gasteiger partial charge on any atom is -0.508 e. The van der Waals surface area contributed by atoms with E-state index >= 15 is 0 Å². The molecule has 0 aromatic heterocycles. The number of phenolic OH excluding ortho intramolecular Hbond substituents is 1. The van der Waals surface area contributed by atoms with Crippen LogP contribution in [0.25, 0.3) is 0 Å². The zero-order chi connectivity index (χ0) is 20.0. The number of rotatable bonds is 2. The molecule has 148 valence electrons. The molecule has 5 rings (SSSR count). The molecule has 2 aliphatic rings. The molecule has 0 saturated heterocycles.